The summed E-state index contributed by atoms with van der Waals surface area (Å²) >= 11 is 0. The number of carbonyl (C=O) groups excluding carboxylic acids is 2. The Balaban J connectivity index is 1.38. The van der Waals surface area contributed by atoms with Gasteiger partial charge < -0.3 is 20.3 Å². The molecule has 2 aromatic carbocycles. The Bertz CT molecular complexity index is 900. The lowest BCUT2D eigenvalue weighted by Gasteiger charge is -2.36. The van der Waals surface area contributed by atoms with Crippen molar-refractivity contribution in [3.8, 4) is 5.75 Å². The molecule has 2 amide bonds. The highest BCUT2D eigenvalue weighted by molar-refractivity contribution is 5.94. The molecule has 4 rings (SSSR count). The summed E-state index contributed by atoms with van der Waals surface area (Å²) in [7, 11) is 0. The standard InChI is InChI=1S/C22H24FN3O3/c23-17-4-1-3-16(11-17)20-13-24-9-10-26(20)21(27)14-29-19-6-2-5-18(12-19)25-22(28)15-7-8-15/h1-6,11-12,15,20,24H,7-10,13-14H2,(H,25,28). The summed E-state index contributed by atoms with van der Waals surface area (Å²) in [6.45, 7) is 1.66. The van der Waals surface area contributed by atoms with Crippen molar-refractivity contribution in [1.29, 1.82) is 0 Å². The fourth-order valence-electron chi connectivity index (χ4n) is 3.50. The third-order valence-electron chi connectivity index (χ3n) is 5.21. The molecule has 2 fully saturated rings. The van der Waals surface area contributed by atoms with Crippen molar-refractivity contribution in [2.45, 2.75) is 18.9 Å². The Morgan fingerprint density at radius 2 is 2.00 bits per heavy atom. The van der Waals surface area contributed by atoms with Gasteiger partial charge in [-0.2, -0.15) is 0 Å². The molecule has 0 spiro atoms. The van der Waals surface area contributed by atoms with Gasteiger partial charge >= 0.3 is 0 Å². The number of rotatable bonds is 6. The molecule has 2 N–H and O–H groups in total. The molecule has 1 unspecified atom stereocenters. The zero-order valence-corrected chi connectivity index (χ0v) is 16.1. The topological polar surface area (TPSA) is 70.7 Å². The maximum absolute atomic E-state index is 13.6. The van der Waals surface area contributed by atoms with E-state index in [-0.39, 0.29) is 36.2 Å². The Labute approximate surface area is 169 Å². The summed E-state index contributed by atoms with van der Waals surface area (Å²) in [4.78, 5) is 26.4. The normalized spacial score (nSPS) is 18.9. The Morgan fingerprint density at radius 1 is 1.17 bits per heavy atom. The molecule has 152 valence electrons. The third kappa shape index (κ3) is 4.92. The van der Waals surface area contributed by atoms with E-state index in [9.17, 15) is 14.0 Å². The van der Waals surface area contributed by atoms with Gasteiger partial charge in [0, 0.05) is 37.3 Å². The molecule has 29 heavy (non-hydrogen) atoms. The summed E-state index contributed by atoms with van der Waals surface area (Å²) in [6, 6.07) is 13.1. The summed E-state index contributed by atoms with van der Waals surface area (Å²) in [5, 5.41) is 6.12. The minimum atomic E-state index is -0.318. The predicted molar refractivity (Wildman–Crippen MR) is 107 cm³/mol. The van der Waals surface area contributed by atoms with E-state index in [4.69, 9.17) is 4.74 Å². The van der Waals surface area contributed by atoms with Gasteiger partial charge in [0.2, 0.25) is 5.91 Å². The average molecular weight is 397 g/mol. The molecule has 7 heteroatoms. The summed E-state index contributed by atoms with van der Waals surface area (Å²) < 4.78 is 19.3. The zero-order valence-electron chi connectivity index (χ0n) is 16.1. The quantitative estimate of drug-likeness (QED) is 0.786. The lowest BCUT2D eigenvalue weighted by molar-refractivity contribution is -0.136. The first-order chi connectivity index (χ1) is 14.1. The van der Waals surface area contributed by atoms with Gasteiger partial charge in [0.1, 0.15) is 11.6 Å². The Kier molecular flexibility index (Phi) is 5.76. The van der Waals surface area contributed by atoms with Gasteiger partial charge in [-0.3, -0.25) is 9.59 Å². The molecule has 0 radical (unpaired) electrons. The monoisotopic (exact) mass is 397 g/mol. The summed E-state index contributed by atoms with van der Waals surface area (Å²) in [5.41, 5.74) is 1.42. The molecule has 1 aliphatic heterocycles. The van der Waals surface area contributed by atoms with E-state index in [1.165, 1.54) is 12.1 Å². The number of benzene rings is 2. The maximum atomic E-state index is 13.6. The van der Waals surface area contributed by atoms with Crippen molar-refractivity contribution >= 4 is 17.5 Å². The van der Waals surface area contributed by atoms with Gasteiger partial charge in [-0.15, -0.1) is 0 Å². The van der Waals surface area contributed by atoms with Crippen LogP contribution in [-0.2, 0) is 9.59 Å². The van der Waals surface area contributed by atoms with E-state index in [2.05, 4.69) is 10.6 Å². The molecule has 0 bridgehead atoms. The van der Waals surface area contributed by atoms with Crippen LogP contribution in [-0.4, -0.2) is 43.0 Å². The minimum absolute atomic E-state index is 0.0250. The molecule has 1 atom stereocenters. The molecule has 1 heterocycles. The lowest BCUT2D eigenvalue weighted by Crippen LogP contribution is -2.50. The van der Waals surface area contributed by atoms with Crippen molar-refractivity contribution in [2.24, 2.45) is 5.92 Å². The van der Waals surface area contributed by atoms with Crippen LogP contribution in [0, 0.1) is 11.7 Å². The molecule has 0 aromatic heterocycles. The number of carbonyl (C=O) groups is 2. The number of hydrogen-bond donors (Lipinski definition) is 2. The second kappa shape index (κ2) is 8.61. The molecule has 6 nitrogen and oxygen atoms in total. The van der Waals surface area contributed by atoms with Gasteiger partial charge in [-0.25, -0.2) is 4.39 Å². The van der Waals surface area contributed by atoms with Crippen LogP contribution in [0.15, 0.2) is 48.5 Å². The van der Waals surface area contributed by atoms with Crippen LogP contribution in [0.25, 0.3) is 0 Å². The first-order valence-electron chi connectivity index (χ1n) is 9.89. The number of piperazine rings is 1. The van der Waals surface area contributed by atoms with Crippen molar-refractivity contribution < 1.29 is 18.7 Å². The van der Waals surface area contributed by atoms with Gasteiger partial charge in [-0.05, 0) is 42.7 Å². The highest BCUT2D eigenvalue weighted by Crippen LogP contribution is 2.30. The first-order valence-corrected chi connectivity index (χ1v) is 9.89. The van der Waals surface area contributed by atoms with Crippen LogP contribution < -0.4 is 15.4 Å². The molecular weight excluding hydrogens is 373 g/mol. The van der Waals surface area contributed by atoms with Gasteiger partial charge in [-0.1, -0.05) is 18.2 Å². The second-order valence-electron chi connectivity index (χ2n) is 7.44. The van der Waals surface area contributed by atoms with Crippen LogP contribution in [0.2, 0.25) is 0 Å². The Hall–Kier alpha value is -2.93. The van der Waals surface area contributed by atoms with Crippen molar-refractivity contribution in [3.63, 3.8) is 0 Å². The third-order valence-corrected chi connectivity index (χ3v) is 5.21. The lowest BCUT2D eigenvalue weighted by atomic mass is 10.0. The number of nitrogens with one attached hydrogen (secondary N) is 2. The summed E-state index contributed by atoms with van der Waals surface area (Å²) in [5.74, 6) is 0.185. The van der Waals surface area contributed by atoms with Crippen molar-refractivity contribution in [2.75, 3.05) is 31.6 Å². The number of anilines is 1. The molecule has 1 saturated heterocycles. The molecule has 1 aliphatic carbocycles. The van der Waals surface area contributed by atoms with E-state index in [1.807, 2.05) is 6.07 Å². The summed E-state index contributed by atoms with van der Waals surface area (Å²) in [6.07, 6.45) is 1.88. The van der Waals surface area contributed by atoms with E-state index in [0.29, 0.717) is 31.1 Å². The fraction of sp³-hybridized carbons (Fsp3) is 0.364. The number of ether oxygens (including phenoxy) is 1. The SMILES string of the molecule is O=C(Nc1cccc(OCC(=O)N2CCNCC2c2cccc(F)c2)c1)C1CC1. The van der Waals surface area contributed by atoms with E-state index < -0.39 is 0 Å². The second-order valence-corrected chi connectivity index (χ2v) is 7.44. The number of halogens is 1. The predicted octanol–water partition coefficient (Wildman–Crippen LogP) is 2.73. The molecule has 1 saturated carbocycles. The fourth-order valence-corrected chi connectivity index (χ4v) is 3.50. The molecule has 2 aromatic rings. The zero-order chi connectivity index (χ0) is 20.2. The van der Waals surface area contributed by atoms with Gasteiger partial charge in [0.25, 0.3) is 5.91 Å². The smallest absolute Gasteiger partial charge is 0.261 e. The minimum Gasteiger partial charge on any atom is -0.484 e. The number of hydrogen-bond acceptors (Lipinski definition) is 4. The van der Waals surface area contributed by atoms with Crippen LogP contribution in [0.1, 0.15) is 24.4 Å². The van der Waals surface area contributed by atoms with Crippen LogP contribution in [0.3, 0.4) is 0 Å². The van der Waals surface area contributed by atoms with E-state index in [1.54, 1.807) is 35.2 Å². The van der Waals surface area contributed by atoms with Crippen LogP contribution in [0.5, 0.6) is 5.75 Å². The molecular formula is C22H24FN3O3. The van der Waals surface area contributed by atoms with Crippen molar-refractivity contribution in [1.82, 2.24) is 10.2 Å². The number of amides is 2. The van der Waals surface area contributed by atoms with Crippen molar-refractivity contribution in [3.05, 3.63) is 59.9 Å². The number of nitrogens with zero attached hydrogens (tertiary/aromatic N) is 1. The Morgan fingerprint density at radius 3 is 2.79 bits per heavy atom. The van der Waals surface area contributed by atoms with Gasteiger partial charge in [0.05, 0.1) is 6.04 Å². The average Bonchev–Trinajstić information content (AvgIpc) is 3.58. The van der Waals surface area contributed by atoms with E-state index in [0.717, 1.165) is 18.4 Å². The van der Waals surface area contributed by atoms with Crippen LogP contribution in [0.4, 0.5) is 10.1 Å². The van der Waals surface area contributed by atoms with Gasteiger partial charge in [0.15, 0.2) is 6.61 Å². The largest absolute Gasteiger partial charge is 0.484 e. The highest BCUT2D eigenvalue weighted by atomic mass is 19.1. The first kappa shape index (κ1) is 19.4. The van der Waals surface area contributed by atoms with Crippen LogP contribution >= 0.6 is 0 Å². The highest BCUT2D eigenvalue weighted by Gasteiger charge is 2.30. The maximum Gasteiger partial charge on any atom is 0.261 e. The molecule has 2 aliphatic rings. The van der Waals surface area contributed by atoms with E-state index >= 15 is 0 Å².